The van der Waals surface area contributed by atoms with E-state index in [9.17, 15) is 0 Å². The third-order valence-corrected chi connectivity index (χ3v) is 7.28. The molecule has 1 aliphatic heterocycles. The van der Waals surface area contributed by atoms with E-state index in [0.717, 1.165) is 72.8 Å². The van der Waals surface area contributed by atoms with Crippen molar-refractivity contribution in [2.24, 2.45) is 0 Å². The number of nitrogen functional groups attached to an aromatic ring is 1. The second kappa shape index (κ2) is 9.99. The average Bonchev–Trinajstić information content (AvgIpc) is 3.24. The first-order chi connectivity index (χ1) is 17.4. The summed E-state index contributed by atoms with van der Waals surface area (Å²) in [7, 11) is 6.23. The van der Waals surface area contributed by atoms with E-state index in [2.05, 4.69) is 83.2 Å². The molecule has 0 radical (unpaired) electrons. The molecule has 0 bridgehead atoms. The molecule has 8 heteroatoms. The number of nitrogens with one attached hydrogen (secondary N) is 1. The molecule has 36 heavy (non-hydrogen) atoms. The predicted octanol–water partition coefficient (Wildman–Crippen LogP) is 5.58. The number of aromatic nitrogens is 3. The number of nitrogens with zero attached hydrogens (tertiary/aromatic N) is 5. The first-order valence-corrected chi connectivity index (χ1v) is 12.9. The Morgan fingerprint density at radius 2 is 2.00 bits per heavy atom. The van der Waals surface area contributed by atoms with Gasteiger partial charge in [0.15, 0.2) is 0 Å². The first kappa shape index (κ1) is 24.4. The Hall–Kier alpha value is -3.29. The maximum atomic E-state index is 6.64. The van der Waals surface area contributed by atoms with Gasteiger partial charge in [-0.25, -0.2) is 9.97 Å². The van der Waals surface area contributed by atoms with Crippen molar-refractivity contribution in [3.63, 3.8) is 0 Å². The lowest BCUT2D eigenvalue weighted by Gasteiger charge is -2.25. The Balaban J connectivity index is 1.49. The molecule has 4 aromatic rings. The van der Waals surface area contributed by atoms with Crippen LogP contribution in [0.15, 0.2) is 42.7 Å². The van der Waals surface area contributed by atoms with E-state index in [1.54, 1.807) is 6.20 Å². The van der Waals surface area contributed by atoms with E-state index in [-0.39, 0.29) is 0 Å². The van der Waals surface area contributed by atoms with Gasteiger partial charge in [-0.1, -0.05) is 36.7 Å². The number of para-hydroxylation sites is 1. The molecule has 2 aromatic heterocycles. The average molecular weight is 504 g/mol. The molecule has 0 atom stereocenters. The van der Waals surface area contributed by atoms with Gasteiger partial charge < -0.3 is 25.4 Å². The minimum Gasteiger partial charge on any atom is -0.397 e. The fourth-order valence-electron chi connectivity index (χ4n) is 5.04. The highest BCUT2D eigenvalue weighted by atomic mass is 35.5. The number of likely N-dealkylation sites (N-methyl/N-ethyl adjacent to an activating group) is 2. The van der Waals surface area contributed by atoms with Crippen LogP contribution in [-0.4, -0.2) is 53.7 Å². The summed E-state index contributed by atoms with van der Waals surface area (Å²) in [4.78, 5) is 13.7. The third-order valence-electron chi connectivity index (χ3n) is 7.00. The van der Waals surface area contributed by atoms with Crippen molar-refractivity contribution >= 4 is 45.5 Å². The van der Waals surface area contributed by atoms with Gasteiger partial charge in [0.05, 0.1) is 33.8 Å². The zero-order valence-corrected chi connectivity index (χ0v) is 22.2. The van der Waals surface area contributed by atoms with Crippen LogP contribution in [0.4, 0.5) is 23.0 Å². The van der Waals surface area contributed by atoms with Crippen LogP contribution in [0.2, 0.25) is 5.02 Å². The van der Waals surface area contributed by atoms with Crippen molar-refractivity contribution in [3.05, 3.63) is 58.9 Å². The van der Waals surface area contributed by atoms with E-state index in [1.165, 1.54) is 16.5 Å². The molecular formula is C28H34ClN7. The van der Waals surface area contributed by atoms with Crippen LogP contribution in [0.5, 0.6) is 0 Å². The molecule has 0 unspecified atom stereocenters. The maximum absolute atomic E-state index is 6.64. The standard InChI is InChI=1S/C28H34ClN7/c1-5-18-14-25(35(4)13-12-34(2)3)23(30)15-24(18)32-28-31-16-22(29)26(33-28)21-17-36-11-7-9-19-8-6-10-20(21)27(19)36/h6,8,10,14-17H,5,7,9,11-13,30H2,1-4H3,(H,31,32,33). The molecule has 1 aliphatic rings. The summed E-state index contributed by atoms with van der Waals surface area (Å²) in [5.41, 5.74) is 14.8. The highest BCUT2D eigenvalue weighted by Gasteiger charge is 2.20. The molecule has 7 nitrogen and oxygen atoms in total. The van der Waals surface area contributed by atoms with Gasteiger partial charge in [0.25, 0.3) is 0 Å². The smallest absolute Gasteiger partial charge is 0.227 e. The van der Waals surface area contributed by atoms with Crippen molar-refractivity contribution in [1.29, 1.82) is 0 Å². The minimum absolute atomic E-state index is 0.504. The third kappa shape index (κ3) is 4.61. The molecule has 0 saturated heterocycles. The van der Waals surface area contributed by atoms with Crippen LogP contribution in [0, 0.1) is 0 Å². The minimum atomic E-state index is 0.504. The van der Waals surface area contributed by atoms with E-state index < -0.39 is 0 Å². The van der Waals surface area contributed by atoms with Gasteiger partial charge in [-0.3, -0.25) is 0 Å². The number of halogens is 1. The number of hydrogen-bond donors (Lipinski definition) is 2. The lowest BCUT2D eigenvalue weighted by molar-refractivity contribution is 0.416. The molecule has 188 valence electrons. The first-order valence-electron chi connectivity index (χ1n) is 12.5. The number of benzene rings is 2. The summed E-state index contributed by atoms with van der Waals surface area (Å²) in [6.45, 7) is 5.00. The number of aryl methyl sites for hydroxylation is 3. The monoisotopic (exact) mass is 503 g/mol. The molecular weight excluding hydrogens is 470 g/mol. The summed E-state index contributed by atoms with van der Waals surface area (Å²) in [5.74, 6) is 0.504. The lowest BCUT2D eigenvalue weighted by atomic mass is 10.0. The second-order valence-corrected chi connectivity index (χ2v) is 10.2. The molecule has 0 spiro atoms. The molecule has 0 aliphatic carbocycles. The van der Waals surface area contributed by atoms with E-state index >= 15 is 0 Å². The van der Waals surface area contributed by atoms with Crippen LogP contribution in [-0.2, 0) is 19.4 Å². The Labute approximate surface area is 217 Å². The molecule has 0 amide bonds. The quantitative estimate of drug-likeness (QED) is 0.305. The molecule has 3 heterocycles. The Bertz CT molecular complexity index is 1410. The molecule has 0 fully saturated rings. The van der Waals surface area contributed by atoms with E-state index in [0.29, 0.717) is 11.0 Å². The van der Waals surface area contributed by atoms with Crippen LogP contribution in [0.3, 0.4) is 0 Å². The maximum Gasteiger partial charge on any atom is 0.227 e. The molecule has 3 N–H and O–H groups in total. The summed E-state index contributed by atoms with van der Waals surface area (Å²) in [6.07, 6.45) is 6.96. The van der Waals surface area contributed by atoms with Crippen molar-refractivity contribution in [3.8, 4) is 11.3 Å². The van der Waals surface area contributed by atoms with Crippen molar-refractivity contribution in [1.82, 2.24) is 19.4 Å². The fraction of sp³-hybridized carbons (Fsp3) is 0.357. The normalized spacial score (nSPS) is 12.9. The summed E-state index contributed by atoms with van der Waals surface area (Å²) in [5, 5.41) is 5.14. The predicted molar refractivity (Wildman–Crippen MR) is 152 cm³/mol. The summed E-state index contributed by atoms with van der Waals surface area (Å²) in [6, 6.07) is 10.6. The van der Waals surface area contributed by atoms with Gasteiger partial charge >= 0.3 is 0 Å². The zero-order chi connectivity index (χ0) is 25.4. The Morgan fingerprint density at radius 3 is 2.78 bits per heavy atom. The van der Waals surface area contributed by atoms with Crippen molar-refractivity contribution < 1.29 is 0 Å². The van der Waals surface area contributed by atoms with E-state index in [4.69, 9.17) is 22.3 Å². The van der Waals surface area contributed by atoms with Crippen molar-refractivity contribution in [2.45, 2.75) is 32.7 Å². The van der Waals surface area contributed by atoms with Gasteiger partial charge in [-0.2, -0.15) is 0 Å². The molecule has 0 saturated carbocycles. The fourth-order valence-corrected chi connectivity index (χ4v) is 5.23. The van der Waals surface area contributed by atoms with Crippen molar-refractivity contribution in [2.75, 3.05) is 50.2 Å². The van der Waals surface area contributed by atoms with Crippen LogP contribution in [0.25, 0.3) is 22.2 Å². The van der Waals surface area contributed by atoms with Crippen LogP contribution >= 0.6 is 11.6 Å². The number of rotatable bonds is 8. The number of anilines is 4. The lowest BCUT2D eigenvalue weighted by Crippen LogP contribution is -2.29. The number of nitrogens with two attached hydrogens (primary N) is 1. The van der Waals surface area contributed by atoms with Gasteiger partial charge in [-0.05, 0) is 56.6 Å². The van der Waals surface area contributed by atoms with Gasteiger partial charge in [0.2, 0.25) is 5.95 Å². The Kier molecular flexibility index (Phi) is 6.77. The van der Waals surface area contributed by atoms with Gasteiger partial charge in [-0.15, -0.1) is 0 Å². The Morgan fingerprint density at radius 1 is 1.17 bits per heavy atom. The van der Waals surface area contributed by atoms with Gasteiger partial charge in [0.1, 0.15) is 0 Å². The van der Waals surface area contributed by atoms with Gasteiger partial charge in [0, 0.05) is 49.5 Å². The highest BCUT2D eigenvalue weighted by molar-refractivity contribution is 6.33. The molecule has 2 aromatic carbocycles. The van der Waals surface area contributed by atoms with Crippen LogP contribution in [0.1, 0.15) is 24.5 Å². The topological polar surface area (TPSA) is 75.2 Å². The molecule has 5 rings (SSSR count). The van der Waals surface area contributed by atoms with Crippen LogP contribution < -0.4 is 16.0 Å². The van der Waals surface area contributed by atoms with E-state index in [1.807, 2.05) is 6.07 Å². The zero-order valence-electron chi connectivity index (χ0n) is 21.5. The SMILES string of the molecule is CCc1cc(N(C)CCN(C)C)c(N)cc1Nc1ncc(Cl)c(-c2cn3c4c(cccc24)CCC3)n1. The second-order valence-electron chi connectivity index (χ2n) is 9.81. The summed E-state index contributed by atoms with van der Waals surface area (Å²) < 4.78 is 2.33. The highest BCUT2D eigenvalue weighted by Crippen LogP contribution is 2.38. The number of hydrogen-bond acceptors (Lipinski definition) is 6. The summed E-state index contributed by atoms with van der Waals surface area (Å²) >= 11 is 6.64. The largest absolute Gasteiger partial charge is 0.397 e.